The summed E-state index contributed by atoms with van der Waals surface area (Å²) >= 11 is 0. The summed E-state index contributed by atoms with van der Waals surface area (Å²) in [5.41, 5.74) is 0.665. The fraction of sp³-hybridized carbons (Fsp3) is 0.789. The van der Waals surface area contributed by atoms with Crippen LogP contribution in [0.15, 0.2) is 12.3 Å². The molecule has 1 saturated heterocycles. The van der Waals surface area contributed by atoms with E-state index >= 15 is 0 Å². The van der Waals surface area contributed by atoms with E-state index in [-0.39, 0.29) is 11.4 Å². The van der Waals surface area contributed by atoms with E-state index in [1.807, 2.05) is 16.9 Å². The average Bonchev–Trinajstić information content (AvgIpc) is 3.04. The van der Waals surface area contributed by atoms with Crippen LogP contribution in [0.4, 0.5) is 0 Å². The molecule has 0 aromatic carbocycles. The fourth-order valence-corrected chi connectivity index (χ4v) is 6.29. The van der Waals surface area contributed by atoms with Crippen molar-refractivity contribution in [3.05, 3.63) is 18.0 Å². The molecule has 5 fully saturated rings. The number of carbonyl (C=O) groups is 1. The lowest BCUT2D eigenvalue weighted by molar-refractivity contribution is -0.0168. The summed E-state index contributed by atoms with van der Waals surface area (Å²) in [6, 6.07) is 2.28. The van der Waals surface area contributed by atoms with Crippen molar-refractivity contribution >= 4 is 5.91 Å². The highest BCUT2D eigenvalue weighted by Crippen LogP contribution is 2.55. The van der Waals surface area contributed by atoms with Gasteiger partial charge in [0.05, 0.1) is 6.04 Å². The minimum absolute atomic E-state index is 0.0412. The second-order valence-electron chi connectivity index (χ2n) is 8.83. The molecular weight excluding hydrogens is 300 g/mol. The number of nitrogens with zero attached hydrogens (tertiary/aromatic N) is 2. The standard InChI is InChI=1S/C19H28N4O/c24-18(17-3-5-23(22-17)16-2-1-4-20-12-16)21-19-9-13-6-14(10-19)8-15(7-13)11-19/h3,5,13-16,20H,1-2,4,6-12H2,(H,21,24). The third-order valence-electron chi connectivity index (χ3n) is 6.90. The van der Waals surface area contributed by atoms with Crippen molar-refractivity contribution < 1.29 is 4.79 Å². The van der Waals surface area contributed by atoms with E-state index in [1.54, 1.807) is 0 Å². The highest BCUT2D eigenvalue weighted by molar-refractivity contribution is 5.92. The molecule has 6 rings (SSSR count). The maximum Gasteiger partial charge on any atom is 0.272 e. The average molecular weight is 328 g/mol. The number of hydrogen-bond acceptors (Lipinski definition) is 3. The molecule has 0 spiro atoms. The van der Waals surface area contributed by atoms with Crippen LogP contribution in [0, 0.1) is 17.8 Å². The van der Waals surface area contributed by atoms with Crippen LogP contribution in [-0.2, 0) is 0 Å². The second kappa shape index (κ2) is 5.58. The lowest BCUT2D eigenvalue weighted by atomic mass is 9.53. The first-order valence-corrected chi connectivity index (χ1v) is 9.77. The molecule has 1 aromatic heterocycles. The Labute approximate surface area is 143 Å². The van der Waals surface area contributed by atoms with Gasteiger partial charge in [0.1, 0.15) is 5.69 Å². The van der Waals surface area contributed by atoms with Gasteiger partial charge in [-0.2, -0.15) is 5.10 Å². The Hall–Kier alpha value is -1.36. The molecular formula is C19H28N4O. The molecule has 1 unspecified atom stereocenters. The van der Waals surface area contributed by atoms with E-state index in [1.165, 1.54) is 44.9 Å². The molecule has 0 radical (unpaired) electrons. The first kappa shape index (κ1) is 14.9. The van der Waals surface area contributed by atoms with Crippen molar-refractivity contribution in [1.29, 1.82) is 0 Å². The maximum absolute atomic E-state index is 12.8. The number of rotatable bonds is 3. The number of nitrogens with one attached hydrogen (secondary N) is 2. The molecule has 4 saturated carbocycles. The Balaban J connectivity index is 1.30. The van der Waals surface area contributed by atoms with Crippen LogP contribution in [0.3, 0.4) is 0 Å². The molecule has 1 aliphatic heterocycles. The van der Waals surface area contributed by atoms with Gasteiger partial charge in [-0.3, -0.25) is 9.48 Å². The smallest absolute Gasteiger partial charge is 0.272 e. The topological polar surface area (TPSA) is 59.0 Å². The van der Waals surface area contributed by atoms with Crippen molar-refractivity contribution in [1.82, 2.24) is 20.4 Å². The Morgan fingerprint density at radius 3 is 2.54 bits per heavy atom. The fourth-order valence-electron chi connectivity index (χ4n) is 6.29. The zero-order valence-corrected chi connectivity index (χ0v) is 14.3. The highest BCUT2D eigenvalue weighted by atomic mass is 16.2. The van der Waals surface area contributed by atoms with Gasteiger partial charge in [0, 0.05) is 18.3 Å². The van der Waals surface area contributed by atoms with Crippen LogP contribution in [0.1, 0.15) is 67.9 Å². The summed E-state index contributed by atoms with van der Waals surface area (Å²) in [6.45, 7) is 2.05. The van der Waals surface area contributed by atoms with Gasteiger partial charge >= 0.3 is 0 Å². The SMILES string of the molecule is O=C(NC12CC3CC(CC(C3)C1)C2)c1ccn(C2CCCNC2)n1. The summed E-state index contributed by atoms with van der Waals surface area (Å²) < 4.78 is 1.99. The van der Waals surface area contributed by atoms with Crippen LogP contribution < -0.4 is 10.6 Å². The Bertz CT molecular complexity index is 596. The van der Waals surface area contributed by atoms with E-state index in [9.17, 15) is 4.79 Å². The Morgan fingerprint density at radius 1 is 1.21 bits per heavy atom. The van der Waals surface area contributed by atoms with E-state index < -0.39 is 0 Å². The molecule has 1 amide bonds. The predicted molar refractivity (Wildman–Crippen MR) is 91.7 cm³/mol. The quantitative estimate of drug-likeness (QED) is 0.896. The second-order valence-corrected chi connectivity index (χ2v) is 8.83. The normalized spacial score (nSPS) is 40.7. The number of amides is 1. The van der Waals surface area contributed by atoms with Crippen LogP contribution in [0.2, 0.25) is 0 Å². The van der Waals surface area contributed by atoms with Gasteiger partial charge in [0.25, 0.3) is 5.91 Å². The molecule has 5 nitrogen and oxygen atoms in total. The molecule has 2 heterocycles. The molecule has 2 N–H and O–H groups in total. The number of carbonyl (C=O) groups excluding carboxylic acids is 1. The van der Waals surface area contributed by atoms with Gasteiger partial charge in [0.15, 0.2) is 0 Å². The van der Waals surface area contributed by atoms with Gasteiger partial charge < -0.3 is 10.6 Å². The van der Waals surface area contributed by atoms with Gasteiger partial charge in [-0.05, 0) is 81.7 Å². The van der Waals surface area contributed by atoms with Crippen LogP contribution in [0.5, 0.6) is 0 Å². The van der Waals surface area contributed by atoms with Crippen LogP contribution >= 0.6 is 0 Å². The van der Waals surface area contributed by atoms with E-state index in [4.69, 9.17) is 0 Å². The summed E-state index contributed by atoms with van der Waals surface area (Å²) in [5, 5.41) is 11.4. The van der Waals surface area contributed by atoms with Gasteiger partial charge in [-0.1, -0.05) is 0 Å². The molecule has 130 valence electrons. The third kappa shape index (κ3) is 2.57. The summed E-state index contributed by atoms with van der Waals surface area (Å²) in [7, 11) is 0. The van der Waals surface area contributed by atoms with Gasteiger partial charge in [-0.15, -0.1) is 0 Å². The van der Waals surface area contributed by atoms with E-state index in [0.717, 1.165) is 37.3 Å². The molecule has 5 aliphatic rings. The molecule has 4 aliphatic carbocycles. The largest absolute Gasteiger partial charge is 0.345 e. The highest BCUT2D eigenvalue weighted by Gasteiger charge is 2.51. The summed E-state index contributed by atoms with van der Waals surface area (Å²) in [4.78, 5) is 12.8. The predicted octanol–water partition coefficient (Wildman–Crippen LogP) is 2.51. The van der Waals surface area contributed by atoms with E-state index in [0.29, 0.717) is 11.7 Å². The number of aromatic nitrogens is 2. The lowest BCUT2D eigenvalue weighted by Crippen LogP contribution is -2.59. The van der Waals surface area contributed by atoms with Crippen LogP contribution in [0.25, 0.3) is 0 Å². The summed E-state index contributed by atoms with van der Waals surface area (Å²) in [6.07, 6.45) is 12.1. The Kier molecular flexibility index (Phi) is 3.47. The monoisotopic (exact) mass is 328 g/mol. The zero-order valence-electron chi connectivity index (χ0n) is 14.3. The van der Waals surface area contributed by atoms with Crippen molar-refractivity contribution in [3.8, 4) is 0 Å². The minimum atomic E-state index is 0.0412. The van der Waals surface area contributed by atoms with Crippen molar-refractivity contribution in [2.75, 3.05) is 13.1 Å². The zero-order chi connectivity index (χ0) is 16.1. The molecule has 1 aromatic rings. The number of piperidine rings is 1. The third-order valence-corrected chi connectivity index (χ3v) is 6.90. The van der Waals surface area contributed by atoms with E-state index in [2.05, 4.69) is 15.7 Å². The summed E-state index contributed by atoms with van der Waals surface area (Å²) in [5.74, 6) is 2.59. The Morgan fingerprint density at radius 2 is 1.92 bits per heavy atom. The van der Waals surface area contributed by atoms with Gasteiger partial charge in [-0.25, -0.2) is 0 Å². The van der Waals surface area contributed by atoms with Crippen molar-refractivity contribution in [3.63, 3.8) is 0 Å². The van der Waals surface area contributed by atoms with Gasteiger partial charge in [0.2, 0.25) is 0 Å². The maximum atomic E-state index is 12.8. The first-order valence-electron chi connectivity index (χ1n) is 9.77. The van der Waals surface area contributed by atoms with Crippen molar-refractivity contribution in [2.45, 2.75) is 62.9 Å². The molecule has 1 atom stereocenters. The first-order chi connectivity index (χ1) is 11.7. The minimum Gasteiger partial charge on any atom is -0.345 e. The van der Waals surface area contributed by atoms with Crippen LogP contribution in [-0.4, -0.2) is 34.3 Å². The number of hydrogen-bond donors (Lipinski definition) is 2. The molecule has 5 heteroatoms. The molecule has 24 heavy (non-hydrogen) atoms. The molecule has 4 bridgehead atoms. The van der Waals surface area contributed by atoms with Crippen molar-refractivity contribution in [2.24, 2.45) is 17.8 Å². The lowest BCUT2D eigenvalue weighted by Gasteiger charge is -2.56.